The van der Waals surface area contributed by atoms with E-state index in [2.05, 4.69) is 52.5 Å². The molecule has 4 fully saturated rings. The van der Waals surface area contributed by atoms with E-state index in [-0.39, 0.29) is 95.9 Å². The van der Waals surface area contributed by atoms with Gasteiger partial charge in [-0.3, -0.25) is 62.7 Å². The summed E-state index contributed by atoms with van der Waals surface area (Å²) >= 11 is 0. The van der Waals surface area contributed by atoms with Crippen LogP contribution in [0, 0.1) is 0 Å². The quantitative estimate of drug-likeness (QED) is 0.0176. The number of aliphatic imine (C=N–C) groups is 2. The molecule has 95 heavy (non-hydrogen) atoms. The lowest BCUT2D eigenvalue weighted by atomic mass is 9.94. The van der Waals surface area contributed by atoms with Crippen molar-refractivity contribution in [1.82, 2.24) is 52.3 Å². The fourth-order valence-electron chi connectivity index (χ4n) is 11.3. The Hall–Kier alpha value is -8.43. The first-order chi connectivity index (χ1) is 44.9. The van der Waals surface area contributed by atoms with Crippen molar-refractivity contribution in [3.8, 4) is 0 Å². The molecule has 25 N–H and O–H groups in total. The molecule has 18 atom stereocenters. The fourth-order valence-corrected chi connectivity index (χ4v) is 11.3. The maximum Gasteiger partial charge on any atom is 0.245 e. The van der Waals surface area contributed by atoms with E-state index in [9.17, 15) is 88.5 Å². The highest BCUT2D eigenvalue weighted by Crippen LogP contribution is 2.26. The molecule has 37 nitrogen and oxygen atoms in total. The Morgan fingerprint density at radius 1 is 0.547 bits per heavy atom. The van der Waals surface area contributed by atoms with Gasteiger partial charge in [-0.15, -0.1) is 0 Å². The molecule has 1 aromatic rings. The number of hydrogen-bond acceptors (Lipinski definition) is 22. The number of primary amides is 1. The second kappa shape index (κ2) is 37.0. The van der Waals surface area contributed by atoms with Crippen LogP contribution in [0.15, 0.2) is 40.3 Å². The number of amides is 11. The van der Waals surface area contributed by atoms with Gasteiger partial charge in [0.2, 0.25) is 65.0 Å². The van der Waals surface area contributed by atoms with E-state index in [1.54, 1.807) is 30.3 Å². The van der Waals surface area contributed by atoms with E-state index < -0.39 is 207 Å². The Morgan fingerprint density at radius 3 is 1.47 bits per heavy atom. The minimum absolute atomic E-state index is 0.000936. The third-order valence-corrected chi connectivity index (χ3v) is 16.6. The van der Waals surface area contributed by atoms with Crippen LogP contribution < -0.4 is 71.2 Å². The van der Waals surface area contributed by atoms with E-state index in [0.717, 1.165) is 4.90 Å². The monoisotopic (exact) mass is 1350 g/mol. The molecule has 11 amide bonds. The van der Waals surface area contributed by atoms with Gasteiger partial charge in [-0.2, -0.15) is 0 Å². The average molecular weight is 1350 g/mol. The normalized spacial score (nSPS) is 25.9. The number of rotatable bonds is 33. The average Bonchev–Trinajstić information content (AvgIpc) is 1.52. The van der Waals surface area contributed by atoms with Crippen molar-refractivity contribution < 1.29 is 98.0 Å². The van der Waals surface area contributed by atoms with Gasteiger partial charge in [0.1, 0.15) is 85.0 Å². The Balaban J connectivity index is 1.37. The zero-order valence-electron chi connectivity index (χ0n) is 53.1. The summed E-state index contributed by atoms with van der Waals surface area (Å²) in [7, 11) is 0. The van der Waals surface area contributed by atoms with Crippen molar-refractivity contribution in [2.75, 3.05) is 45.9 Å². The first-order valence-corrected chi connectivity index (χ1v) is 31.3. The molecule has 1 aromatic carbocycles. The second-order valence-electron chi connectivity index (χ2n) is 23.8. The molecule has 0 unspecified atom stereocenters. The van der Waals surface area contributed by atoms with Gasteiger partial charge in [0.05, 0.1) is 50.4 Å². The van der Waals surface area contributed by atoms with E-state index >= 15 is 0 Å². The zero-order chi connectivity index (χ0) is 70.4. The highest BCUT2D eigenvalue weighted by atomic mass is 16.5. The van der Waals surface area contributed by atoms with Gasteiger partial charge in [0, 0.05) is 39.1 Å². The lowest BCUT2D eigenvalue weighted by Gasteiger charge is -2.39. The summed E-state index contributed by atoms with van der Waals surface area (Å²) in [6.07, 6.45) is -14.9. The Kier molecular flexibility index (Phi) is 30.1. The number of nitrogens with one attached hydrogen (secondary N) is 8. The van der Waals surface area contributed by atoms with Gasteiger partial charge < -0.3 is 126 Å². The van der Waals surface area contributed by atoms with Gasteiger partial charge in [-0.05, 0) is 77.7 Å². The van der Waals surface area contributed by atoms with Crippen LogP contribution in [0.25, 0.3) is 0 Å². The lowest BCUT2D eigenvalue weighted by molar-refractivity contribution is -0.218. The number of aliphatic hydroxyl groups excluding tert-OH is 7. The predicted octanol–water partition coefficient (Wildman–Crippen LogP) is -10.5. The lowest BCUT2D eigenvalue weighted by Crippen LogP contribution is -2.61. The van der Waals surface area contributed by atoms with Crippen molar-refractivity contribution in [2.45, 2.75) is 201 Å². The summed E-state index contributed by atoms with van der Waals surface area (Å²) in [6.45, 7) is 1.36. The molecule has 37 heteroatoms. The fraction of sp³-hybridized carbons (Fsp3) is 0.672. The maximum atomic E-state index is 14.6. The number of carbonyl (C=O) groups is 11. The van der Waals surface area contributed by atoms with Crippen LogP contribution in [0.5, 0.6) is 0 Å². The number of aliphatic hydroxyl groups is 7. The third-order valence-electron chi connectivity index (χ3n) is 16.6. The SMILES string of the molecule is C[C@H](NC(=O)[C@H](Cc1ccccc1)NC(=O)CNC(=O)[C@H](CO)NC(=O)[C@H](CNC(=O)[C@@H]1CCCN1C(=O)[C@H](CCCN=C(N)N)NC(=O)C[C@@H]1O[C@@H](C)[C@@H](O)[C@@H](O)[C@@H]1O)NC(=O)[C@@H]1CCCN1C(=O)[C@H](CCCN=C(N)N)NC(=O)C[C@@H]1O[C@@H](C)[C@@H](O)[C@@H](O)[C@@H]1O)C(N)=O. The number of benzene rings is 1. The number of hydrogen-bond donors (Lipinski definition) is 20. The number of carbonyl (C=O) groups excluding carboxylic acids is 11. The summed E-state index contributed by atoms with van der Waals surface area (Å²) in [5.74, 6) is -10.5. The maximum absolute atomic E-state index is 14.6. The smallest absolute Gasteiger partial charge is 0.245 e. The Bertz CT molecular complexity index is 2890. The molecule has 5 rings (SSSR count). The third kappa shape index (κ3) is 22.9. The molecular weight excluding hydrogens is 1250 g/mol. The van der Waals surface area contributed by atoms with Gasteiger partial charge >= 0.3 is 0 Å². The summed E-state index contributed by atoms with van der Waals surface area (Å²) in [5.41, 5.74) is 27.9. The molecule has 4 heterocycles. The Morgan fingerprint density at radius 2 is 1.01 bits per heavy atom. The standard InChI is InChI=1S/C58H93N17O20/c1-27(49(59)86)68-51(88)33(21-30-11-5-4-6-12-30)71-42(79)25-67-50(87)35(26-76)73-52(89)34(72-54(91)37-16-10-20-75(37)56(93)32(14-8-18-65-58(62)63)70-41(78)23-39-46(83)48(85)44(81)29(3)95-39)24-66-53(90)36-15-9-19-74(36)55(92)31(13-7-17-64-57(60)61)69-40(77)22-38-45(82)47(84)43(80)28(2)94-38/h4-6,11-12,27-29,31-39,43-48,76,80-85H,7-10,13-26H2,1-3H3,(H2,59,86)(H,66,90)(H,67,87)(H,68,88)(H,69,77)(H,70,78)(H,71,79)(H,72,91)(H,73,89)(H4,60,61,64)(H4,62,63,65)/t27-,28-,29-,31-,32-,33-,34-,35-,36-,37-,38-,39-,43+,44+,45+,46+,47+,48+/m0/s1. The van der Waals surface area contributed by atoms with Crippen LogP contribution in [0.1, 0.15) is 90.5 Å². The molecule has 0 saturated carbocycles. The molecule has 0 radical (unpaired) electrons. The van der Waals surface area contributed by atoms with Gasteiger partial charge in [0.25, 0.3) is 0 Å². The second-order valence-corrected chi connectivity index (χ2v) is 23.8. The highest BCUT2D eigenvalue weighted by Gasteiger charge is 2.46. The highest BCUT2D eigenvalue weighted by molar-refractivity contribution is 5.98. The summed E-state index contributed by atoms with van der Waals surface area (Å²) in [6, 6.07) is -3.09. The van der Waals surface area contributed by atoms with E-state index in [4.69, 9.17) is 38.1 Å². The van der Waals surface area contributed by atoms with Crippen molar-refractivity contribution in [1.29, 1.82) is 0 Å². The largest absolute Gasteiger partial charge is 0.394 e. The summed E-state index contributed by atoms with van der Waals surface area (Å²) in [4.78, 5) is 162. The Labute approximate surface area is 546 Å². The van der Waals surface area contributed by atoms with Crippen LogP contribution in [0.3, 0.4) is 0 Å². The van der Waals surface area contributed by atoms with Crippen molar-refractivity contribution >= 4 is 76.9 Å². The number of guanidine groups is 2. The molecule has 0 bridgehead atoms. The van der Waals surface area contributed by atoms with Crippen LogP contribution >= 0.6 is 0 Å². The van der Waals surface area contributed by atoms with Crippen LogP contribution in [0.4, 0.5) is 0 Å². The molecule has 0 aliphatic carbocycles. The number of ether oxygens (including phenoxy) is 2. The summed E-state index contributed by atoms with van der Waals surface area (Å²) in [5, 5.41) is 92.6. The molecule has 4 saturated heterocycles. The predicted molar refractivity (Wildman–Crippen MR) is 333 cm³/mol. The van der Waals surface area contributed by atoms with Crippen LogP contribution in [-0.4, -0.2) is 278 Å². The minimum atomic E-state index is -1.87. The van der Waals surface area contributed by atoms with Crippen LogP contribution in [-0.2, 0) is 68.6 Å². The number of nitrogens with zero attached hydrogens (tertiary/aromatic N) is 4. The number of nitrogens with two attached hydrogens (primary N) is 5. The topological polar surface area (TPSA) is 605 Å². The first kappa shape index (κ1) is 77.3. The van der Waals surface area contributed by atoms with E-state index in [1.807, 2.05) is 0 Å². The van der Waals surface area contributed by atoms with Crippen molar-refractivity contribution in [3.63, 3.8) is 0 Å². The zero-order valence-corrected chi connectivity index (χ0v) is 53.1. The summed E-state index contributed by atoms with van der Waals surface area (Å²) < 4.78 is 11.2. The molecule has 0 aromatic heterocycles. The first-order valence-electron chi connectivity index (χ1n) is 31.3. The van der Waals surface area contributed by atoms with Gasteiger partial charge in [0.15, 0.2) is 11.9 Å². The van der Waals surface area contributed by atoms with Crippen LogP contribution in [0.2, 0.25) is 0 Å². The van der Waals surface area contributed by atoms with Gasteiger partial charge in [-0.25, -0.2) is 0 Å². The van der Waals surface area contributed by atoms with E-state index in [0.29, 0.717) is 5.56 Å². The molecule has 530 valence electrons. The van der Waals surface area contributed by atoms with E-state index in [1.165, 1.54) is 25.7 Å². The van der Waals surface area contributed by atoms with Crippen molar-refractivity contribution in [3.05, 3.63) is 35.9 Å². The molecule has 4 aliphatic heterocycles. The molecule has 0 spiro atoms. The molecule has 4 aliphatic rings. The van der Waals surface area contributed by atoms with Crippen molar-refractivity contribution in [2.24, 2.45) is 38.7 Å². The number of likely N-dealkylation sites (tertiary alicyclic amines) is 2. The van der Waals surface area contributed by atoms with Gasteiger partial charge in [-0.1, -0.05) is 30.3 Å². The minimum Gasteiger partial charge on any atom is -0.394 e. The molecular formula is C58H93N17O20.